The van der Waals surface area contributed by atoms with Crippen molar-refractivity contribution in [2.75, 3.05) is 0 Å². The molecule has 5 heterocycles. The van der Waals surface area contributed by atoms with Crippen molar-refractivity contribution < 1.29 is 10.2 Å². The number of hydrogen-bond acceptors (Lipinski definition) is 4. The van der Waals surface area contributed by atoms with E-state index in [1.54, 1.807) is 24.3 Å². The third-order valence-corrected chi connectivity index (χ3v) is 8.23. The molecule has 8 bridgehead atoms. The average molecular weight is 579 g/mol. The van der Waals surface area contributed by atoms with Gasteiger partial charge in [0, 0.05) is 38.8 Å². The van der Waals surface area contributed by atoms with Crippen molar-refractivity contribution in [3.05, 3.63) is 107 Å². The van der Waals surface area contributed by atoms with Crippen LogP contribution in [0.25, 0.3) is 68.6 Å². The van der Waals surface area contributed by atoms with Gasteiger partial charge in [-0.25, -0.2) is 9.97 Å². The summed E-state index contributed by atoms with van der Waals surface area (Å²) in [4.78, 5) is 17.5. The molecular formula is C38H34N4O2. The van der Waals surface area contributed by atoms with E-state index in [0.29, 0.717) is 0 Å². The minimum atomic E-state index is 0.210. The molecule has 0 saturated heterocycles. The van der Waals surface area contributed by atoms with Gasteiger partial charge in [0.25, 0.3) is 0 Å². The molecule has 2 aliphatic heterocycles. The van der Waals surface area contributed by atoms with Crippen LogP contribution in [0.2, 0.25) is 0 Å². The Bertz CT molecular complexity index is 2050. The summed E-state index contributed by atoms with van der Waals surface area (Å²) in [5, 5.41) is 20.7. The SMILES string of the molecule is CCCCCCc1c2nc(c(-c3cccc(O)c3)c3ccc(cc4nc(c(-c5cccc(O)c5)c5ccc1[nH]5)C=C4)[nH]3)C=C2. The highest BCUT2D eigenvalue weighted by Gasteiger charge is 2.16. The summed E-state index contributed by atoms with van der Waals surface area (Å²) in [6, 6.07) is 25.0. The van der Waals surface area contributed by atoms with E-state index in [4.69, 9.17) is 9.97 Å². The van der Waals surface area contributed by atoms with Crippen LogP contribution >= 0.6 is 0 Å². The Hall–Kier alpha value is -5.36. The number of nitrogens with zero attached hydrogens (tertiary/aromatic N) is 2. The number of fused-ring (bicyclic) bond motifs is 8. The number of H-pyrrole nitrogens is 2. The van der Waals surface area contributed by atoms with Crippen LogP contribution in [0, 0.1) is 0 Å². The highest BCUT2D eigenvalue weighted by atomic mass is 16.3. The number of aromatic nitrogens is 4. The largest absolute Gasteiger partial charge is 0.508 e. The molecule has 5 aromatic rings. The van der Waals surface area contributed by atoms with Gasteiger partial charge in [-0.05, 0) is 103 Å². The molecule has 2 aromatic carbocycles. The van der Waals surface area contributed by atoms with E-state index in [1.165, 1.54) is 12.8 Å². The van der Waals surface area contributed by atoms with E-state index in [2.05, 4.69) is 47.2 Å². The topological polar surface area (TPSA) is 97.8 Å². The van der Waals surface area contributed by atoms with Gasteiger partial charge >= 0.3 is 0 Å². The van der Waals surface area contributed by atoms with E-state index < -0.39 is 0 Å². The smallest absolute Gasteiger partial charge is 0.116 e. The maximum atomic E-state index is 10.4. The molecule has 3 aromatic heterocycles. The number of aromatic amines is 2. The van der Waals surface area contributed by atoms with E-state index in [-0.39, 0.29) is 11.5 Å². The van der Waals surface area contributed by atoms with Crippen molar-refractivity contribution >= 4 is 46.4 Å². The zero-order chi connectivity index (χ0) is 30.0. The monoisotopic (exact) mass is 578 g/mol. The van der Waals surface area contributed by atoms with E-state index in [9.17, 15) is 10.2 Å². The molecule has 0 saturated carbocycles. The fourth-order valence-electron chi connectivity index (χ4n) is 6.12. The first-order chi connectivity index (χ1) is 21.6. The molecule has 6 nitrogen and oxygen atoms in total. The molecule has 0 fully saturated rings. The van der Waals surface area contributed by atoms with Crippen molar-refractivity contribution in [1.82, 2.24) is 19.9 Å². The second kappa shape index (κ2) is 11.7. The lowest BCUT2D eigenvalue weighted by atomic mass is 10.0. The highest BCUT2D eigenvalue weighted by Crippen LogP contribution is 2.35. The second-order valence-corrected chi connectivity index (χ2v) is 11.4. The van der Waals surface area contributed by atoms with Crippen LogP contribution in [-0.2, 0) is 6.42 Å². The Kier molecular flexibility index (Phi) is 7.32. The molecule has 0 radical (unpaired) electrons. The first kappa shape index (κ1) is 27.5. The van der Waals surface area contributed by atoms with Gasteiger partial charge in [-0.2, -0.15) is 0 Å². The Morgan fingerprint density at radius 1 is 0.591 bits per heavy atom. The van der Waals surface area contributed by atoms with Gasteiger partial charge in [0.05, 0.1) is 22.8 Å². The maximum Gasteiger partial charge on any atom is 0.116 e. The van der Waals surface area contributed by atoms with E-state index in [0.717, 1.165) is 91.9 Å². The molecule has 0 atom stereocenters. The standard InChI is InChI=1S/C38H34N4O2/c1-2-3-4-5-12-30-31-17-19-35(41-31)37(24-8-6-10-28(43)21-24)33-15-13-26(39-33)23-27-14-16-34(40-27)38(36-20-18-32(30)42-36)25-9-7-11-29(44)22-25/h6-11,13-23,39,42-44H,2-5,12H2,1H3. The van der Waals surface area contributed by atoms with Gasteiger partial charge < -0.3 is 20.2 Å². The molecule has 7 rings (SSSR count). The fraction of sp³-hybridized carbons (Fsp3) is 0.158. The number of unbranched alkanes of at least 4 members (excludes halogenated alkanes) is 3. The molecule has 44 heavy (non-hydrogen) atoms. The zero-order valence-corrected chi connectivity index (χ0v) is 24.6. The minimum absolute atomic E-state index is 0.210. The summed E-state index contributed by atoms with van der Waals surface area (Å²) in [7, 11) is 0. The number of rotatable bonds is 7. The number of benzene rings is 2. The third-order valence-electron chi connectivity index (χ3n) is 8.23. The van der Waals surface area contributed by atoms with Gasteiger partial charge in [0.15, 0.2) is 0 Å². The number of phenolic OH excluding ortho intramolecular Hbond substituents is 2. The normalized spacial score (nSPS) is 12.2. The molecule has 218 valence electrons. The van der Waals surface area contributed by atoms with Gasteiger partial charge in [0.2, 0.25) is 0 Å². The van der Waals surface area contributed by atoms with Crippen LogP contribution in [0.5, 0.6) is 11.5 Å². The summed E-state index contributed by atoms with van der Waals surface area (Å²) in [6.07, 6.45) is 13.7. The number of nitrogens with one attached hydrogen (secondary N) is 2. The predicted molar refractivity (Wildman–Crippen MR) is 181 cm³/mol. The first-order valence-corrected chi connectivity index (χ1v) is 15.3. The molecule has 6 heteroatoms. The van der Waals surface area contributed by atoms with Gasteiger partial charge in [-0.15, -0.1) is 0 Å². The summed E-state index contributed by atoms with van der Waals surface area (Å²) in [5.41, 5.74) is 11.9. The van der Waals surface area contributed by atoms with Crippen molar-refractivity contribution in [3.63, 3.8) is 0 Å². The zero-order valence-electron chi connectivity index (χ0n) is 24.6. The third kappa shape index (κ3) is 5.42. The number of aromatic hydroxyl groups is 2. The number of hydrogen-bond donors (Lipinski definition) is 4. The number of aryl methyl sites for hydroxylation is 1. The maximum absolute atomic E-state index is 10.4. The van der Waals surface area contributed by atoms with Crippen LogP contribution in [-0.4, -0.2) is 30.1 Å². The van der Waals surface area contributed by atoms with Gasteiger partial charge in [-0.3, -0.25) is 0 Å². The molecule has 4 N–H and O–H groups in total. The highest BCUT2D eigenvalue weighted by molar-refractivity contribution is 5.94. The summed E-state index contributed by atoms with van der Waals surface area (Å²) in [5.74, 6) is 0.420. The Morgan fingerprint density at radius 2 is 1.23 bits per heavy atom. The average Bonchev–Trinajstić information content (AvgIpc) is 3.83. The summed E-state index contributed by atoms with van der Waals surface area (Å²) < 4.78 is 0. The first-order valence-electron chi connectivity index (χ1n) is 15.3. The Labute approximate surface area is 256 Å². The molecular weight excluding hydrogens is 544 g/mol. The summed E-state index contributed by atoms with van der Waals surface area (Å²) in [6.45, 7) is 2.23. The van der Waals surface area contributed by atoms with Crippen molar-refractivity contribution in [1.29, 1.82) is 0 Å². The lowest BCUT2D eigenvalue weighted by Crippen LogP contribution is -1.93. The molecule has 0 unspecified atom stereocenters. The predicted octanol–water partition coefficient (Wildman–Crippen LogP) is 9.52. The quantitative estimate of drug-likeness (QED) is 0.142. The molecule has 0 amide bonds. The Balaban J connectivity index is 1.57. The van der Waals surface area contributed by atoms with Crippen LogP contribution in [0.4, 0.5) is 0 Å². The lowest BCUT2D eigenvalue weighted by Gasteiger charge is -2.06. The van der Waals surface area contributed by atoms with Crippen molar-refractivity contribution in [2.24, 2.45) is 0 Å². The van der Waals surface area contributed by atoms with Gasteiger partial charge in [-0.1, -0.05) is 50.5 Å². The van der Waals surface area contributed by atoms with Crippen molar-refractivity contribution in [3.8, 4) is 33.8 Å². The minimum Gasteiger partial charge on any atom is -0.508 e. The van der Waals surface area contributed by atoms with Crippen LogP contribution in [0.3, 0.4) is 0 Å². The Morgan fingerprint density at radius 3 is 1.95 bits per heavy atom. The van der Waals surface area contributed by atoms with Crippen LogP contribution in [0.1, 0.15) is 60.9 Å². The molecule has 2 aliphatic rings. The van der Waals surface area contributed by atoms with Gasteiger partial charge in [0.1, 0.15) is 11.5 Å². The van der Waals surface area contributed by atoms with Crippen molar-refractivity contribution in [2.45, 2.75) is 39.0 Å². The fourth-order valence-corrected chi connectivity index (χ4v) is 6.12. The van der Waals surface area contributed by atoms with E-state index >= 15 is 0 Å². The summed E-state index contributed by atoms with van der Waals surface area (Å²) >= 11 is 0. The number of phenols is 2. The molecule has 0 aliphatic carbocycles. The van der Waals surface area contributed by atoms with E-state index in [1.807, 2.05) is 48.6 Å². The van der Waals surface area contributed by atoms with Crippen LogP contribution < -0.4 is 0 Å². The lowest BCUT2D eigenvalue weighted by molar-refractivity contribution is 0.475. The molecule has 0 spiro atoms. The second-order valence-electron chi connectivity index (χ2n) is 11.4. The van der Waals surface area contributed by atoms with Crippen LogP contribution in [0.15, 0.2) is 78.9 Å².